The molecule has 0 aromatic heterocycles. The Morgan fingerprint density at radius 3 is 2.26 bits per heavy atom. The Morgan fingerprint density at radius 1 is 0.941 bits per heavy atom. The first-order chi connectivity index (χ1) is 15.9. The number of carbonyl (C=O) groups excluding carboxylic acids is 2. The minimum atomic E-state index is -1.58. The largest absolute Gasteiger partial charge is 0.325 e. The molecule has 11 heteroatoms. The highest BCUT2D eigenvalue weighted by Crippen LogP contribution is 2.39. The summed E-state index contributed by atoms with van der Waals surface area (Å²) in [5, 5.41) is 4.93. The van der Waals surface area contributed by atoms with Gasteiger partial charge in [0.15, 0.2) is 0 Å². The van der Waals surface area contributed by atoms with Crippen LogP contribution in [0.1, 0.15) is 28.8 Å². The third-order valence-corrected chi connectivity index (χ3v) is 6.08. The number of benzene rings is 3. The fourth-order valence-electron chi connectivity index (χ4n) is 3.14. The van der Waals surface area contributed by atoms with Gasteiger partial charge in [-0.25, -0.2) is 13.2 Å². The van der Waals surface area contributed by atoms with E-state index in [2.05, 4.69) is 26.6 Å². The minimum Gasteiger partial charge on any atom is -0.325 e. The molecule has 0 aliphatic rings. The van der Waals surface area contributed by atoms with Gasteiger partial charge in [0.1, 0.15) is 21.8 Å². The SMILES string of the molecule is CC(Cl)(Cl)C(C(=O)Nc1ccc(Cl)c(C(=O)Nc2ccc(F)cc2F)c1)c1ccc(F)c(Br)c1. The smallest absolute Gasteiger partial charge is 0.257 e. The molecule has 34 heavy (non-hydrogen) atoms. The Hall–Kier alpha value is -2.26. The van der Waals surface area contributed by atoms with Crippen molar-refractivity contribution in [3.8, 4) is 0 Å². The van der Waals surface area contributed by atoms with Crippen LogP contribution in [0, 0.1) is 17.5 Å². The Bertz CT molecular complexity index is 1270. The van der Waals surface area contributed by atoms with E-state index in [1.807, 2.05) is 0 Å². The van der Waals surface area contributed by atoms with Gasteiger partial charge in [-0.15, -0.1) is 23.2 Å². The summed E-state index contributed by atoms with van der Waals surface area (Å²) in [6.07, 6.45) is 0. The zero-order valence-corrected chi connectivity index (χ0v) is 21.1. The number of carbonyl (C=O) groups is 2. The van der Waals surface area contributed by atoms with Crippen LogP contribution in [0.25, 0.3) is 0 Å². The van der Waals surface area contributed by atoms with Gasteiger partial charge in [0.05, 0.1) is 26.7 Å². The average Bonchev–Trinajstić information content (AvgIpc) is 2.73. The van der Waals surface area contributed by atoms with E-state index in [-0.39, 0.29) is 26.4 Å². The maximum atomic E-state index is 13.9. The number of rotatable bonds is 6. The molecule has 178 valence electrons. The standard InChI is InChI=1S/C23H15BrCl3F3N2O2/c1-23(26,27)20(11-2-6-17(29)15(24)8-11)22(34)31-13-4-5-16(25)14(10-13)21(33)32-19-7-3-12(28)9-18(19)30/h2-10,20H,1H3,(H,31,34)(H,32,33). The number of halogens is 7. The van der Waals surface area contributed by atoms with Crippen molar-refractivity contribution in [3.63, 3.8) is 0 Å². The second-order valence-corrected chi connectivity index (χ2v) is 10.4. The monoisotopic (exact) mass is 592 g/mol. The molecule has 1 atom stereocenters. The van der Waals surface area contributed by atoms with Crippen molar-refractivity contribution in [2.75, 3.05) is 10.6 Å². The van der Waals surface area contributed by atoms with Gasteiger partial charge in [-0.2, -0.15) is 0 Å². The molecule has 0 saturated heterocycles. The molecule has 1 unspecified atom stereocenters. The number of anilines is 2. The van der Waals surface area contributed by atoms with E-state index >= 15 is 0 Å². The van der Waals surface area contributed by atoms with Crippen molar-refractivity contribution >= 4 is 73.9 Å². The minimum absolute atomic E-state index is 0.0246. The maximum absolute atomic E-state index is 13.9. The van der Waals surface area contributed by atoms with Crippen molar-refractivity contribution in [1.29, 1.82) is 0 Å². The molecule has 0 fully saturated rings. The van der Waals surface area contributed by atoms with Crippen molar-refractivity contribution in [2.45, 2.75) is 17.2 Å². The topological polar surface area (TPSA) is 58.2 Å². The molecule has 4 nitrogen and oxygen atoms in total. The normalized spacial score (nSPS) is 12.2. The highest BCUT2D eigenvalue weighted by Gasteiger charge is 2.37. The zero-order chi connectivity index (χ0) is 25.2. The summed E-state index contributed by atoms with van der Waals surface area (Å²) in [5.74, 6) is -4.83. The quantitative estimate of drug-likeness (QED) is 0.288. The molecule has 0 bridgehead atoms. The second-order valence-electron chi connectivity index (χ2n) is 7.33. The Labute approximate surface area is 216 Å². The van der Waals surface area contributed by atoms with Crippen LogP contribution in [0.4, 0.5) is 24.5 Å². The van der Waals surface area contributed by atoms with Crippen molar-refractivity contribution in [3.05, 3.63) is 92.7 Å². The van der Waals surface area contributed by atoms with E-state index in [9.17, 15) is 22.8 Å². The van der Waals surface area contributed by atoms with Crippen molar-refractivity contribution in [2.24, 2.45) is 0 Å². The summed E-state index contributed by atoms with van der Waals surface area (Å²) in [4.78, 5) is 25.7. The predicted molar refractivity (Wildman–Crippen MR) is 131 cm³/mol. The van der Waals surface area contributed by atoms with Crippen molar-refractivity contribution < 1.29 is 22.8 Å². The number of amides is 2. The summed E-state index contributed by atoms with van der Waals surface area (Å²) in [7, 11) is 0. The Balaban J connectivity index is 1.87. The number of nitrogens with one attached hydrogen (secondary N) is 2. The molecule has 2 N–H and O–H groups in total. The summed E-state index contributed by atoms with van der Waals surface area (Å²) in [6, 6.07) is 10.7. The first-order valence-corrected chi connectivity index (χ1v) is 11.5. The maximum Gasteiger partial charge on any atom is 0.257 e. The lowest BCUT2D eigenvalue weighted by molar-refractivity contribution is -0.117. The average molecular weight is 595 g/mol. The van der Waals surface area contributed by atoms with Gasteiger partial charge in [0.25, 0.3) is 5.91 Å². The molecule has 3 aromatic carbocycles. The van der Waals surface area contributed by atoms with Gasteiger partial charge < -0.3 is 10.6 Å². The second kappa shape index (κ2) is 10.6. The molecular formula is C23H15BrCl3F3N2O2. The fourth-order valence-corrected chi connectivity index (χ4v) is 4.19. The van der Waals surface area contributed by atoms with E-state index in [4.69, 9.17) is 34.8 Å². The van der Waals surface area contributed by atoms with Crippen LogP contribution >= 0.6 is 50.7 Å². The Morgan fingerprint density at radius 2 is 1.65 bits per heavy atom. The lowest BCUT2D eigenvalue weighted by Crippen LogP contribution is -2.32. The third-order valence-electron chi connectivity index (χ3n) is 4.70. The molecule has 0 heterocycles. The first-order valence-electron chi connectivity index (χ1n) is 9.56. The van der Waals surface area contributed by atoms with Gasteiger partial charge in [-0.1, -0.05) is 17.7 Å². The van der Waals surface area contributed by atoms with E-state index in [1.165, 1.54) is 43.3 Å². The van der Waals surface area contributed by atoms with Crippen LogP contribution in [0.2, 0.25) is 5.02 Å². The lowest BCUT2D eigenvalue weighted by Gasteiger charge is -2.26. The van der Waals surface area contributed by atoms with Gasteiger partial charge in [-0.05, 0) is 70.9 Å². The highest BCUT2D eigenvalue weighted by molar-refractivity contribution is 9.10. The van der Waals surface area contributed by atoms with Crippen LogP contribution in [-0.2, 0) is 4.79 Å². The first kappa shape index (κ1) is 26.3. The molecule has 3 rings (SSSR count). The van der Waals surface area contributed by atoms with Crippen LogP contribution in [0.15, 0.2) is 59.1 Å². The summed E-state index contributed by atoms with van der Waals surface area (Å²) in [6.45, 7) is 1.41. The van der Waals surface area contributed by atoms with Gasteiger partial charge in [-0.3, -0.25) is 9.59 Å². The van der Waals surface area contributed by atoms with Gasteiger partial charge >= 0.3 is 0 Å². The zero-order valence-electron chi connectivity index (χ0n) is 17.2. The molecule has 0 aliphatic heterocycles. The predicted octanol–water partition coefficient (Wildman–Crippen LogP) is 7.69. The highest BCUT2D eigenvalue weighted by atomic mass is 79.9. The molecule has 3 aromatic rings. The van der Waals surface area contributed by atoms with Crippen LogP contribution in [0.5, 0.6) is 0 Å². The van der Waals surface area contributed by atoms with Crippen LogP contribution in [0.3, 0.4) is 0 Å². The molecule has 0 saturated carbocycles. The fraction of sp³-hybridized carbons (Fsp3) is 0.130. The summed E-state index contributed by atoms with van der Waals surface area (Å²) < 4.78 is 39.2. The number of hydrogen-bond acceptors (Lipinski definition) is 2. The molecule has 0 spiro atoms. The van der Waals surface area contributed by atoms with Crippen LogP contribution < -0.4 is 10.6 Å². The van der Waals surface area contributed by atoms with E-state index in [1.54, 1.807) is 0 Å². The Kier molecular flexibility index (Phi) is 8.18. The molecule has 0 radical (unpaired) electrons. The summed E-state index contributed by atoms with van der Waals surface area (Å²) >= 11 is 21.7. The van der Waals surface area contributed by atoms with Gasteiger partial charge in [0, 0.05) is 11.8 Å². The third kappa shape index (κ3) is 6.24. The van der Waals surface area contributed by atoms with E-state index in [0.717, 1.165) is 12.1 Å². The van der Waals surface area contributed by atoms with Crippen LogP contribution in [-0.4, -0.2) is 16.1 Å². The summed E-state index contributed by atoms with van der Waals surface area (Å²) in [5.41, 5.74) is 0.183. The van der Waals surface area contributed by atoms with E-state index in [0.29, 0.717) is 11.6 Å². The van der Waals surface area contributed by atoms with E-state index < -0.39 is 39.5 Å². The number of alkyl halides is 2. The van der Waals surface area contributed by atoms with Gasteiger partial charge in [0.2, 0.25) is 5.91 Å². The lowest BCUT2D eigenvalue weighted by atomic mass is 9.94. The number of hydrogen-bond donors (Lipinski definition) is 2. The molecular weight excluding hydrogens is 580 g/mol. The molecule has 2 amide bonds. The van der Waals surface area contributed by atoms with Crippen molar-refractivity contribution in [1.82, 2.24) is 0 Å². The molecule has 0 aliphatic carbocycles.